The molecule has 8 aliphatic heterocycles. The van der Waals surface area contributed by atoms with Gasteiger partial charge in [0.25, 0.3) is 0 Å². The summed E-state index contributed by atoms with van der Waals surface area (Å²) in [4.78, 5) is 181. The maximum Gasteiger partial charge on any atom is 0.328 e. The maximum atomic E-state index is 11.8. The van der Waals surface area contributed by atoms with E-state index in [1.54, 1.807) is 6.92 Å². The minimum absolute atomic E-state index is 0. The van der Waals surface area contributed by atoms with Gasteiger partial charge in [0.2, 0.25) is 59.1 Å². The van der Waals surface area contributed by atoms with Crippen LogP contribution >= 0.6 is 0 Å². The molecule has 0 aromatic rings. The highest BCUT2D eigenvalue weighted by molar-refractivity contribution is 5.93. The SMILES string of the molecule is C.CC#CC(CC)COC(=O)C1CCC(=O)N1.CCCCC(CC)CNC(=O)C1CCC(=O)N1.CCCCC(CC)COC(=O)C1CCCC(=O)N1.CCCCCCCCCCCCCCCCNC(=O)C1CCC(=O)N1.CCCCCCCCCCCCOC(=O)C1CCC(=O)N1.CCCCCCCCCCOC(=O)C1CCC(=O)N1.CCCCCCCCOC(=O)C1CCC(=O)N1.CCCCCCOC(=O)C1CCC(=O)N1. The van der Waals surface area contributed by atoms with E-state index < -0.39 is 36.3 Å². The van der Waals surface area contributed by atoms with E-state index in [-0.39, 0.29) is 120 Å². The Morgan fingerprint density at radius 2 is 0.490 bits per heavy atom. The summed E-state index contributed by atoms with van der Waals surface area (Å²) in [5.74, 6) is 4.82. The van der Waals surface area contributed by atoms with Gasteiger partial charge in [-0.05, 0) is 128 Å². The molecule has 8 heterocycles. The molecule has 10 N–H and O–H groups in total. The van der Waals surface area contributed by atoms with Crippen LogP contribution in [-0.4, -0.2) is 196 Å². The predicted molar refractivity (Wildman–Crippen MR) is 589 cm³/mol. The number of amides is 10. The lowest BCUT2D eigenvalue weighted by Crippen LogP contribution is -2.45. The number of carbonyl (C=O) groups is 16. The topological polar surface area (TPSA) is 449 Å². The third-order valence-corrected chi connectivity index (χ3v) is 27.7. The van der Waals surface area contributed by atoms with Gasteiger partial charge in [0.1, 0.15) is 54.9 Å². The average molecular weight is 2110 g/mol. The van der Waals surface area contributed by atoms with E-state index in [0.717, 1.165) is 103 Å². The molecule has 32 nitrogen and oxygen atoms in total. The highest BCUT2D eigenvalue weighted by atomic mass is 16.6. The summed E-state index contributed by atoms with van der Waals surface area (Å²) in [6.07, 6.45) is 72.1. The van der Waals surface area contributed by atoms with Gasteiger partial charge >= 0.3 is 35.8 Å². The summed E-state index contributed by atoms with van der Waals surface area (Å²) >= 11 is 0. The van der Waals surface area contributed by atoms with Crippen molar-refractivity contribution in [1.29, 1.82) is 0 Å². The number of hydrogen-bond donors (Lipinski definition) is 10. The highest BCUT2D eigenvalue weighted by Crippen LogP contribution is 2.22. The number of hydrogen-bond acceptors (Lipinski definition) is 22. The molecule has 8 fully saturated rings. The lowest BCUT2D eigenvalue weighted by atomic mass is 9.99. The number of unbranched alkanes of at least 4 members (excludes halogenated alkanes) is 39. The predicted octanol–water partition coefficient (Wildman–Crippen LogP) is 20.6. The van der Waals surface area contributed by atoms with Gasteiger partial charge in [-0.15, -0.1) is 5.92 Å². The molecule has 0 radical (unpaired) electrons. The highest BCUT2D eigenvalue weighted by Gasteiger charge is 2.35. The molecule has 0 aliphatic carbocycles. The molecule has 149 heavy (non-hydrogen) atoms. The first-order valence-corrected chi connectivity index (χ1v) is 59.0. The normalized spacial score (nSPS) is 19.1. The van der Waals surface area contributed by atoms with Crippen LogP contribution in [0.2, 0.25) is 0 Å². The van der Waals surface area contributed by atoms with Crippen molar-refractivity contribution in [3.8, 4) is 11.8 Å². The van der Waals surface area contributed by atoms with Gasteiger partial charge in [-0.25, -0.2) is 28.8 Å². The van der Waals surface area contributed by atoms with Crippen molar-refractivity contribution in [2.75, 3.05) is 52.7 Å². The van der Waals surface area contributed by atoms with E-state index >= 15 is 0 Å². The second-order valence-corrected chi connectivity index (χ2v) is 41.0. The largest absolute Gasteiger partial charge is 0.464 e. The summed E-state index contributed by atoms with van der Waals surface area (Å²) in [5, 5.41) is 27.0. The molecule has 0 aromatic heterocycles. The molecule has 8 saturated heterocycles. The van der Waals surface area contributed by atoms with Crippen molar-refractivity contribution in [2.24, 2.45) is 17.8 Å². The van der Waals surface area contributed by atoms with Crippen molar-refractivity contribution < 1.29 is 105 Å². The summed E-state index contributed by atoms with van der Waals surface area (Å²) in [6.45, 7) is 27.7. The summed E-state index contributed by atoms with van der Waals surface area (Å²) in [7, 11) is 0. The van der Waals surface area contributed by atoms with E-state index in [2.05, 4.69) is 127 Å². The Kier molecular flexibility index (Phi) is 90.4. The third-order valence-electron chi connectivity index (χ3n) is 27.7. The standard InChI is InChI=1S/C21H40N2O2.C17H31NO3.C15H27NO3.C14H25NO3.C13H24N2O2.C13H23NO3.C12H17NO3.C11H19NO3.CH4/c1-2-3-4-5-6-7-8-9-10-11-12-13-14-15-18-22-21(25)19-16-17-20(24)23-19;1-2-3-4-5-6-7-8-9-10-11-14-21-17(20)15-12-13-16(19)18-15;1-2-3-4-5-6-7-8-9-12-19-15(18)13-10-11-14(17)16-13;1-3-5-7-11(4-2)10-18-14(17)12-8-6-9-13(16)15-12;1-3-5-6-10(4-2)9-14-13(17)11-7-8-12(16)15-11;1-2-3-4-5-6-7-10-17-13(16)11-8-9-12(15)14-11;1-3-5-9(4-2)8-16-12(15)10-6-7-11(14)13-10;1-2-3-4-5-8-15-11(14)9-6-7-10(13)12-9;/h19H,2-18H2,1H3,(H,22,25)(H,23,24);15H,2-14H2,1H3,(H,18,19);13H,2-12H2,1H3,(H,16,17);11-12H,3-10H2,1-2H3,(H,15,16);10-11H,3-9H2,1-2H3,(H,14,17)(H,15,16);11H,2-10H2,1H3,(H,14,15);9-10H,4,6-8H2,1-2H3,(H,13,14);9H,2-8H2,1H3,(H,12,13);1H4. The Hall–Kier alpha value is -8.92. The Balaban J connectivity index is 0.00000169. The third kappa shape index (κ3) is 76.3. The van der Waals surface area contributed by atoms with E-state index in [1.807, 2.05) is 6.92 Å². The van der Waals surface area contributed by atoms with Crippen molar-refractivity contribution in [2.45, 2.75) is 569 Å². The molecule has 11 atom stereocenters. The van der Waals surface area contributed by atoms with Gasteiger partial charge in [-0.2, -0.15) is 0 Å². The zero-order valence-electron chi connectivity index (χ0n) is 94.1. The zero-order valence-corrected chi connectivity index (χ0v) is 94.1. The minimum atomic E-state index is -0.459. The van der Waals surface area contributed by atoms with Crippen LogP contribution in [0.15, 0.2) is 0 Å². The molecular weight excluding hydrogens is 1900 g/mol. The van der Waals surface area contributed by atoms with E-state index in [0.29, 0.717) is 154 Å². The van der Waals surface area contributed by atoms with Crippen LogP contribution in [-0.2, 0) is 105 Å². The molecule has 32 heteroatoms. The zero-order chi connectivity index (χ0) is 109. The number of ether oxygens (including phenoxy) is 6. The van der Waals surface area contributed by atoms with Crippen molar-refractivity contribution in [1.82, 2.24) is 53.2 Å². The number of esters is 6. The van der Waals surface area contributed by atoms with Gasteiger partial charge in [-0.1, -0.05) is 359 Å². The number of nitrogens with one attached hydrogen (secondary N) is 10. The Morgan fingerprint density at radius 3 is 0.752 bits per heavy atom. The Bertz CT molecular complexity index is 3670. The molecule has 0 saturated carbocycles. The Morgan fingerprint density at radius 1 is 0.262 bits per heavy atom. The van der Waals surface area contributed by atoms with Crippen molar-refractivity contribution in [3.63, 3.8) is 0 Å². The van der Waals surface area contributed by atoms with Crippen molar-refractivity contribution >= 4 is 94.9 Å². The summed E-state index contributed by atoms with van der Waals surface area (Å²) in [6, 6.07) is -3.08. The lowest BCUT2D eigenvalue weighted by Gasteiger charge is -2.23. The fraction of sp³-hybridized carbons (Fsp3) is 0.846. The second-order valence-electron chi connectivity index (χ2n) is 41.0. The summed E-state index contributed by atoms with van der Waals surface area (Å²) in [5.41, 5.74) is 0. The molecule has 0 spiro atoms. The van der Waals surface area contributed by atoms with Crippen molar-refractivity contribution in [3.05, 3.63) is 0 Å². The monoisotopic (exact) mass is 2110 g/mol. The first-order chi connectivity index (χ1) is 71.7. The minimum Gasteiger partial charge on any atom is -0.464 e. The van der Waals surface area contributed by atoms with Crippen LogP contribution in [0.25, 0.3) is 0 Å². The number of carbonyl (C=O) groups excluding carboxylic acids is 16. The van der Waals surface area contributed by atoms with Gasteiger partial charge in [0.15, 0.2) is 0 Å². The van der Waals surface area contributed by atoms with E-state index in [1.165, 1.54) is 244 Å². The van der Waals surface area contributed by atoms with E-state index in [4.69, 9.17) is 28.4 Å². The van der Waals surface area contributed by atoms with Crippen LogP contribution in [0, 0.1) is 29.6 Å². The van der Waals surface area contributed by atoms with Crippen LogP contribution in [0.4, 0.5) is 0 Å². The quantitative estimate of drug-likeness (QED) is 0.0117. The first-order valence-electron chi connectivity index (χ1n) is 59.0. The number of piperidine rings is 1. The molecule has 10 amide bonds. The van der Waals surface area contributed by atoms with Gasteiger partial charge in [-0.3, -0.25) is 47.9 Å². The van der Waals surface area contributed by atoms with Crippen LogP contribution < -0.4 is 53.2 Å². The van der Waals surface area contributed by atoms with Gasteiger partial charge < -0.3 is 81.6 Å². The molecule has 0 bridgehead atoms. The van der Waals surface area contributed by atoms with Gasteiger partial charge in [0, 0.05) is 64.5 Å². The fourth-order valence-electron chi connectivity index (χ4n) is 17.8. The van der Waals surface area contributed by atoms with Crippen LogP contribution in [0.5, 0.6) is 0 Å². The maximum absolute atomic E-state index is 11.8. The smallest absolute Gasteiger partial charge is 0.328 e. The Labute approximate surface area is 899 Å². The van der Waals surface area contributed by atoms with Crippen LogP contribution in [0.3, 0.4) is 0 Å². The lowest BCUT2D eigenvalue weighted by molar-refractivity contribution is -0.150. The van der Waals surface area contributed by atoms with Gasteiger partial charge in [0.05, 0.1) is 39.0 Å². The molecule has 0 aromatic carbocycles. The molecule has 8 aliphatic rings. The fourth-order valence-corrected chi connectivity index (χ4v) is 17.8. The average Bonchev–Trinajstić information content (AvgIpc) is 1.45. The molecule has 860 valence electrons. The summed E-state index contributed by atoms with van der Waals surface area (Å²) < 4.78 is 31.0. The molecular formula is C117H210N10O22. The molecule has 8 rings (SSSR count). The second kappa shape index (κ2) is 96.1. The van der Waals surface area contributed by atoms with E-state index in [9.17, 15) is 76.7 Å². The molecule has 11 unspecified atom stereocenters. The van der Waals surface area contributed by atoms with Crippen LogP contribution in [0.1, 0.15) is 520 Å². The first kappa shape index (κ1) is 140. The number of rotatable bonds is 70.